The Hall–Kier alpha value is -1.36. The van der Waals surface area contributed by atoms with Gasteiger partial charge in [0.15, 0.2) is 5.65 Å². The SMILES string of the molecule is CC(C)CN(c1nc(Cl)nc2[nH]ncc12)C(C)C. The molecule has 18 heavy (non-hydrogen) atoms. The molecule has 0 unspecified atom stereocenters. The zero-order chi connectivity index (χ0) is 13.3. The maximum atomic E-state index is 5.97. The molecule has 0 aliphatic carbocycles. The molecule has 0 saturated heterocycles. The van der Waals surface area contributed by atoms with Gasteiger partial charge in [0.2, 0.25) is 5.28 Å². The standard InChI is InChI=1S/C12H18ClN5/c1-7(2)6-18(8(3)4)11-9-5-14-17-10(9)15-12(13)16-11/h5,7-8H,6H2,1-4H3,(H,14,15,16,17). The van der Waals surface area contributed by atoms with Crippen molar-refractivity contribution in [1.29, 1.82) is 0 Å². The minimum absolute atomic E-state index is 0.246. The van der Waals surface area contributed by atoms with Crippen LogP contribution in [0.5, 0.6) is 0 Å². The van der Waals surface area contributed by atoms with Crippen LogP contribution in [0.4, 0.5) is 5.82 Å². The zero-order valence-corrected chi connectivity index (χ0v) is 11.9. The van der Waals surface area contributed by atoms with E-state index in [1.807, 2.05) is 0 Å². The molecule has 0 aromatic carbocycles. The van der Waals surface area contributed by atoms with E-state index in [9.17, 15) is 0 Å². The first-order valence-corrected chi connectivity index (χ1v) is 6.50. The third-order valence-corrected chi connectivity index (χ3v) is 2.89. The second kappa shape index (κ2) is 5.10. The molecule has 0 saturated carbocycles. The first-order chi connectivity index (χ1) is 8.49. The normalized spacial score (nSPS) is 11.7. The first-order valence-electron chi connectivity index (χ1n) is 6.12. The minimum atomic E-state index is 0.246. The van der Waals surface area contributed by atoms with Crippen LogP contribution in [0, 0.1) is 5.92 Å². The molecule has 2 heterocycles. The molecule has 0 aliphatic rings. The van der Waals surface area contributed by atoms with Gasteiger partial charge in [-0.3, -0.25) is 5.10 Å². The van der Waals surface area contributed by atoms with Crippen LogP contribution in [-0.2, 0) is 0 Å². The molecule has 2 aromatic rings. The van der Waals surface area contributed by atoms with Gasteiger partial charge in [-0.25, -0.2) is 0 Å². The number of hydrogen-bond acceptors (Lipinski definition) is 4. The molecule has 0 amide bonds. The van der Waals surface area contributed by atoms with Gasteiger partial charge in [-0.1, -0.05) is 13.8 Å². The maximum Gasteiger partial charge on any atom is 0.226 e. The van der Waals surface area contributed by atoms with E-state index in [4.69, 9.17) is 11.6 Å². The van der Waals surface area contributed by atoms with E-state index in [-0.39, 0.29) is 5.28 Å². The van der Waals surface area contributed by atoms with E-state index in [2.05, 4.69) is 52.8 Å². The van der Waals surface area contributed by atoms with Gasteiger partial charge in [-0.05, 0) is 31.4 Å². The largest absolute Gasteiger partial charge is 0.353 e. The number of nitrogens with one attached hydrogen (secondary N) is 1. The maximum absolute atomic E-state index is 5.97. The van der Waals surface area contributed by atoms with E-state index in [0.717, 1.165) is 17.7 Å². The van der Waals surface area contributed by atoms with Crippen molar-refractivity contribution >= 4 is 28.5 Å². The third-order valence-electron chi connectivity index (χ3n) is 2.72. The number of aromatic amines is 1. The van der Waals surface area contributed by atoms with E-state index in [1.54, 1.807) is 6.20 Å². The number of anilines is 1. The van der Waals surface area contributed by atoms with Crippen LogP contribution in [0.15, 0.2) is 6.20 Å². The first kappa shape index (κ1) is 13.1. The monoisotopic (exact) mass is 267 g/mol. The molecule has 0 atom stereocenters. The Balaban J connectivity index is 2.52. The van der Waals surface area contributed by atoms with Gasteiger partial charge in [0.1, 0.15) is 5.82 Å². The molecule has 5 nitrogen and oxygen atoms in total. The van der Waals surface area contributed by atoms with E-state index < -0.39 is 0 Å². The van der Waals surface area contributed by atoms with Crippen LogP contribution in [0.1, 0.15) is 27.7 Å². The summed E-state index contributed by atoms with van der Waals surface area (Å²) >= 11 is 5.97. The molecule has 1 N–H and O–H groups in total. The molecule has 6 heteroatoms. The molecule has 98 valence electrons. The van der Waals surface area contributed by atoms with Gasteiger partial charge in [0.05, 0.1) is 11.6 Å². The molecule has 0 aliphatic heterocycles. The van der Waals surface area contributed by atoms with Crippen molar-refractivity contribution in [1.82, 2.24) is 20.2 Å². The Labute approximate surface area is 112 Å². The molecule has 0 spiro atoms. The highest BCUT2D eigenvalue weighted by Gasteiger charge is 2.18. The van der Waals surface area contributed by atoms with Crippen molar-refractivity contribution in [2.75, 3.05) is 11.4 Å². The van der Waals surface area contributed by atoms with Gasteiger partial charge >= 0.3 is 0 Å². The van der Waals surface area contributed by atoms with Crippen LogP contribution in [-0.4, -0.2) is 32.8 Å². The fourth-order valence-corrected chi connectivity index (χ4v) is 2.11. The van der Waals surface area contributed by atoms with Gasteiger partial charge in [0.25, 0.3) is 0 Å². The van der Waals surface area contributed by atoms with Crippen molar-refractivity contribution in [3.8, 4) is 0 Å². The van der Waals surface area contributed by atoms with E-state index in [0.29, 0.717) is 17.6 Å². The number of halogens is 1. The molecule has 0 radical (unpaired) electrons. The Morgan fingerprint density at radius 1 is 1.28 bits per heavy atom. The highest BCUT2D eigenvalue weighted by molar-refractivity contribution is 6.28. The number of rotatable bonds is 4. The van der Waals surface area contributed by atoms with Crippen molar-refractivity contribution < 1.29 is 0 Å². The number of hydrogen-bond donors (Lipinski definition) is 1. The van der Waals surface area contributed by atoms with Crippen molar-refractivity contribution in [2.24, 2.45) is 5.92 Å². The summed E-state index contributed by atoms with van der Waals surface area (Å²) in [5, 5.41) is 8.00. The van der Waals surface area contributed by atoms with Gasteiger partial charge in [-0.15, -0.1) is 0 Å². The predicted octanol–water partition coefficient (Wildman–Crippen LogP) is 2.88. The number of aromatic nitrogens is 4. The summed E-state index contributed by atoms with van der Waals surface area (Å²) < 4.78 is 0. The minimum Gasteiger partial charge on any atom is -0.353 e. The van der Waals surface area contributed by atoms with Gasteiger partial charge < -0.3 is 4.90 Å². The predicted molar refractivity (Wildman–Crippen MR) is 74.0 cm³/mol. The van der Waals surface area contributed by atoms with Gasteiger partial charge in [-0.2, -0.15) is 15.1 Å². The highest BCUT2D eigenvalue weighted by atomic mass is 35.5. The number of H-pyrrole nitrogens is 1. The Morgan fingerprint density at radius 3 is 2.61 bits per heavy atom. The number of fused-ring (bicyclic) bond motifs is 1. The summed E-state index contributed by atoms with van der Waals surface area (Å²) in [5.41, 5.74) is 0.680. The lowest BCUT2D eigenvalue weighted by Crippen LogP contribution is -2.35. The zero-order valence-electron chi connectivity index (χ0n) is 11.1. The quantitative estimate of drug-likeness (QED) is 0.866. The lowest BCUT2D eigenvalue weighted by atomic mass is 10.1. The summed E-state index contributed by atoms with van der Waals surface area (Å²) in [4.78, 5) is 10.7. The highest BCUT2D eigenvalue weighted by Crippen LogP contribution is 2.26. The molecule has 2 aromatic heterocycles. The molecular weight excluding hydrogens is 250 g/mol. The van der Waals surface area contributed by atoms with Crippen molar-refractivity contribution in [3.05, 3.63) is 11.5 Å². The molecule has 2 rings (SSSR count). The van der Waals surface area contributed by atoms with Crippen molar-refractivity contribution in [2.45, 2.75) is 33.7 Å². The summed E-state index contributed by atoms with van der Waals surface area (Å²) in [6.07, 6.45) is 1.75. The summed E-state index contributed by atoms with van der Waals surface area (Å²) in [6.45, 7) is 9.58. The van der Waals surface area contributed by atoms with Crippen LogP contribution in [0.2, 0.25) is 5.28 Å². The lowest BCUT2D eigenvalue weighted by Gasteiger charge is -2.29. The summed E-state index contributed by atoms with van der Waals surface area (Å²) in [6, 6.07) is 0.344. The average Bonchev–Trinajstić information content (AvgIpc) is 2.71. The van der Waals surface area contributed by atoms with E-state index >= 15 is 0 Å². The lowest BCUT2D eigenvalue weighted by molar-refractivity contribution is 0.567. The van der Waals surface area contributed by atoms with Crippen LogP contribution in [0.3, 0.4) is 0 Å². The van der Waals surface area contributed by atoms with Crippen LogP contribution >= 0.6 is 11.6 Å². The van der Waals surface area contributed by atoms with Crippen molar-refractivity contribution in [3.63, 3.8) is 0 Å². The average molecular weight is 268 g/mol. The Morgan fingerprint density at radius 2 is 2.00 bits per heavy atom. The molecular formula is C12H18ClN5. The molecule has 0 fully saturated rings. The van der Waals surface area contributed by atoms with Gasteiger partial charge in [0, 0.05) is 12.6 Å². The van der Waals surface area contributed by atoms with Crippen LogP contribution in [0.25, 0.3) is 11.0 Å². The fourth-order valence-electron chi connectivity index (χ4n) is 1.95. The third kappa shape index (κ3) is 2.56. The van der Waals surface area contributed by atoms with Crippen LogP contribution < -0.4 is 4.90 Å². The summed E-state index contributed by atoms with van der Waals surface area (Å²) in [5.74, 6) is 1.39. The Bertz CT molecular complexity index is 534. The smallest absolute Gasteiger partial charge is 0.226 e. The molecule has 0 bridgehead atoms. The summed E-state index contributed by atoms with van der Waals surface area (Å²) in [7, 11) is 0. The second-order valence-electron chi connectivity index (χ2n) is 5.09. The Kier molecular flexibility index (Phi) is 3.71. The van der Waals surface area contributed by atoms with E-state index in [1.165, 1.54) is 0 Å². The number of nitrogens with zero attached hydrogens (tertiary/aromatic N) is 4. The fraction of sp³-hybridized carbons (Fsp3) is 0.583. The topological polar surface area (TPSA) is 57.7 Å². The second-order valence-corrected chi connectivity index (χ2v) is 5.43.